The predicted octanol–water partition coefficient (Wildman–Crippen LogP) is 0.212. The number of hydrogen-bond acceptors (Lipinski definition) is 3. The quantitative estimate of drug-likeness (QED) is 0.484. The Morgan fingerprint density at radius 3 is 2.75 bits per heavy atom. The summed E-state index contributed by atoms with van der Waals surface area (Å²) in [6, 6.07) is 0.215. The molecule has 0 aliphatic carbocycles. The van der Waals surface area contributed by atoms with Crippen LogP contribution in [0.3, 0.4) is 0 Å². The van der Waals surface area contributed by atoms with Crippen LogP contribution in [0.1, 0.15) is 26.2 Å². The van der Waals surface area contributed by atoms with Gasteiger partial charge in [0, 0.05) is 19.1 Å². The summed E-state index contributed by atoms with van der Waals surface area (Å²) in [6.45, 7) is 2.87. The highest BCUT2D eigenvalue weighted by atomic mass is 16.4. The predicted molar refractivity (Wildman–Crippen MR) is 46.0 cm³/mol. The van der Waals surface area contributed by atoms with Gasteiger partial charge < -0.3 is 15.5 Å². The first-order chi connectivity index (χ1) is 5.66. The number of carbonyl (C=O) groups is 1. The van der Waals surface area contributed by atoms with Crippen LogP contribution in [0, 0.1) is 0 Å². The van der Waals surface area contributed by atoms with E-state index in [1.54, 1.807) is 0 Å². The van der Waals surface area contributed by atoms with Crippen molar-refractivity contribution in [3.63, 3.8) is 0 Å². The highest BCUT2D eigenvalue weighted by Gasteiger charge is 2.03. The maximum Gasteiger partial charge on any atom is 0.303 e. The van der Waals surface area contributed by atoms with Crippen molar-refractivity contribution in [1.82, 2.24) is 5.32 Å². The molecule has 1 unspecified atom stereocenters. The molecule has 0 saturated heterocycles. The summed E-state index contributed by atoms with van der Waals surface area (Å²) < 4.78 is 0. The van der Waals surface area contributed by atoms with E-state index in [0.717, 1.165) is 13.0 Å². The van der Waals surface area contributed by atoms with Crippen molar-refractivity contribution in [3.8, 4) is 0 Å². The summed E-state index contributed by atoms with van der Waals surface area (Å²) in [4.78, 5) is 10.2. The van der Waals surface area contributed by atoms with Crippen LogP contribution < -0.4 is 5.32 Å². The van der Waals surface area contributed by atoms with Crippen LogP contribution >= 0.6 is 0 Å². The molecule has 0 aromatic heterocycles. The van der Waals surface area contributed by atoms with Gasteiger partial charge in [-0.25, -0.2) is 0 Å². The van der Waals surface area contributed by atoms with Crippen LogP contribution in [0.25, 0.3) is 0 Å². The highest BCUT2D eigenvalue weighted by Crippen LogP contribution is 1.95. The third-order valence-corrected chi connectivity index (χ3v) is 1.62. The molecular formula is C8H17NO3. The van der Waals surface area contributed by atoms with Crippen LogP contribution in [0.15, 0.2) is 0 Å². The number of aliphatic hydroxyl groups excluding tert-OH is 1. The van der Waals surface area contributed by atoms with Gasteiger partial charge in [-0.05, 0) is 26.3 Å². The lowest BCUT2D eigenvalue weighted by Gasteiger charge is -2.11. The maximum atomic E-state index is 10.2. The van der Waals surface area contributed by atoms with Crippen molar-refractivity contribution >= 4 is 5.97 Å². The molecule has 0 fully saturated rings. The van der Waals surface area contributed by atoms with Crippen molar-refractivity contribution in [2.75, 3.05) is 13.2 Å². The Bertz CT molecular complexity index is 127. The number of nitrogens with one attached hydrogen (secondary N) is 1. The van der Waals surface area contributed by atoms with Gasteiger partial charge in [-0.2, -0.15) is 0 Å². The second-order valence-electron chi connectivity index (χ2n) is 2.86. The summed E-state index contributed by atoms with van der Waals surface area (Å²) in [5.41, 5.74) is 0. The van der Waals surface area contributed by atoms with E-state index in [-0.39, 0.29) is 19.1 Å². The number of rotatable bonds is 7. The number of aliphatic carboxylic acids is 1. The van der Waals surface area contributed by atoms with E-state index in [1.165, 1.54) is 0 Å². The van der Waals surface area contributed by atoms with Crippen molar-refractivity contribution in [2.45, 2.75) is 32.2 Å². The van der Waals surface area contributed by atoms with Gasteiger partial charge in [-0.15, -0.1) is 0 Å². The fourth-order valence-corrected chi connectivity index (χ4v) is 0.870. The first-order valence-electron chi connectivity index (χ1n) is 4.23. The van der Waals surface area contributed by atoms with Crippen LogP contribution in [-0.2, 0) is 4.79 Å². The summed E-state index contributed by atoms with van der Waals surface area (Å²) in [5, 5.41) is 19.9. The first-order valence-corrected chi connectivity index (χ1v) is 4.23. The molecule has 72 valence electrons. The number of carboxylic acids is 1. The second-order valence-corrected chi connectivity index (χ2v) is 2.86. The molecule has 0 amide bonds. The van der Waals surface area contributed by atoms with E-state index >= 15 is 0 Å². The van der Waals surface area contributed by atoms with Gasteiger partial charge in [0.1, 0.15) is 0 Å². The summed E-state index contributed by atoms with van der Waals surface area (Å²) in [7, 11) is 0. The molecule has 12 heavy (non-hydrogen) atoms. The normalized spacial score (nSPS) is 12.8. The lowest BCUT2D eigenvalue weighted by molar-refractivity contribution is -0.137. The molecule has 0 aromatic rings. The standard InChI is InChI=1S/C8H17NO3/c1-7(3-4-8(11)12)9-5-2-6-10/h7,9-10H,2-6H2,1H3,(H,11,12). The first kappa shape index (κ1) is 11.4. The number of carboxylic acid groups (broad SMARTS) is 1. The van der Waals surface area contributed by atoms with Crippen LogP contribution in [0.5, 0.6) is 0 Å². The Morgan fingerprint density at radius 1 is 1.58 bits per heavy atom. The molecule has 0 rings (SSSR count). The molecule has 0 radical (unpaired) electrons. The van der Waals surface area contributed by atoms with Crippen LogP contribution in [0.4, 0.5) is 0 Å². The molecule has 0 aromatic carbocycles. The van der Waals surface area contributed by atoms with Gasteiger partial charge >= 0.3 is 5.97 Å². The van der Waals surface area contributed by atoms with E-state index in [0.29, 0.717) is 6.42 Å². The average molecular weight is 175 g/mol. The van der Waals surface area contributed by atoms with Crippen molar-refractivity contribution in [1.29, 1.82) is 0 Å². The van der Waals surface area contributed by atoms with Gasteiger partial charge in [-0.1, -0.05) is 0 Å². The number of aliphatic hydroxyl groups is 1. The second kappa shape index (κ2) is 7.06. The lowest BCUT2D eigenvalue weighted by Crippen LogP contribution is -2.28. The Hall–Kier alpha value is -0.610. The van der Waals surface area contributed by atoms with E-state index in [2.05, 4.69) is 5.32 Å². The fourth-order valence-electron chi connectivity index (χ4n) is 0.870. The van der Waals surface area contributed by atoms with Crippen LogP contribution in [-0.4, -0.2) is 35.4 Å². The molecule has 3 N–H and O–H groups in total. The van der Waals surface area contributed by atoms with E-state index in [1.807, 2.05) is 6.92 Å². The number of hydrogen-bond donors (Lipinski definition) is 3. The van der Waals surface area contributed by atoms with Crippen molar-refractivity contribution < 1.29 is 15.0 Å². The van der Waals surface area contributed by atoms with Crippen LogP contribution in [0.2, 0.25) is 0 Å². The SMILES string of the molecule is CC(CCC(=O)O)NCCCO. The molecule has 0 spiro atoms. The zero-order valence-corrected chi connectivity index (χ0v) is 7.42. The van der Waals surface area contributed by atoms with Gasteiger partial charge in [0.25, 0.3) is 0 Å². The largest absolute Gasteiger partial charge is 0.481 e. The average Bonchev–Trinajstić information content (AvgIpc) is 2.01. The summed E-state index contributed by atoms with van der Waals surface area (Å²) >= 11 is 0. The third-order valence-electron chi connectivity index (χ3n) is 1.62. The van der Waals surface area contributed by atoms with Gasteiger partial charge in [0.15, 0.2) is 0 Å². The van der Waals surface area contributed by atoms with Crippen molar-refractivity contribution in [2.24, 2.45) is 0 Å². The minimum atomic E-state index is -0.759. The Kier molecular flexibility index (Phi) is 6.70. The molecule has 0 bridgehead atoms. The Labute approximate surface area is 72.6 Å². The summed E-state index contributed by atoms with van der Waals surface area (Å²) in [6.07, 6.45) is 1.56. The topological polar surface area (TPSA) is 69.6 Å². The molecular weight excluding hydrogens is 158 g/mol. The fraction of sp³-hybridized carbons (Fsp3) is 0.875. The van der Waals surface area contributed by atoms with Gasteiger partial charge in [-0.3, -0.25) is 4.79 Å². The molecule has 0 aliphatic heterocycles. The van der Waals surface area contributed by atoms with E-state index in [4.69, 9.17) is 10.2 Å². The van der Waals surface area contributed by atoms with Gasteiger partial charge in [0.2, 0.25) is 0 Å². The molecule has 1 atom stereocenters. The lowest BCUT2D eigenvalue weighted by atomic mass is 10.2. The van der Waals surface area contributed by atoms with E-state index < -0.39 is 5.97 Å². The third kappa shape index (κ3) is 7.50. The zero-order valence-electron chi connectivity index (χ0n) is 7.42. The monoisotopic (exact) mass is 175 g/mol. The summed E-state index contributed by atoms with van der Waals surface area (Å²) in [5.74, 6) is -0.759. The molecule has 0 heterocycles. The molecule has 0 aliphatic rings. The Balaban J connectivity index is 3.21. The smallest absolute Gasteiger partial charge is 0.303 e. The van der Waals surface area contributed by atoms with Crippen molar-refractivity contribution in [3.05, 3.63) is 0 Å². The molecule has 4 heteroatoms. The van der Waals surface area contributed by atoms with E-state index in [9.17, 15) is 4.79 Å². The maximum absolute atomic E-state index is 10.2. The van der Waals surface area contributed by atoms with Gasteiger partial charge in [0.05, 0.1) is 0 Å². The highest BCUT2D eigenvalue weighted by molar-refractivity contribution is 5.66. The molecule has 4 nitrogen and oxygen atoms in total. The molecule has 0 saturated carbocycles. The minimum Gasteiger partial charge on any atom is -0.481 e. The zero-order chi connectivity index (χ0) is 9.40. The Morgan fingerprint density at radius 2 is 2.25 bits per heavy atom. The minimum absolute atomic E-state index is 0.179.